The van der Waals surface area contributed by atoms with Crippen LogP contribution in [0.2, 0.25) is 0 Å². The number of carbonyl (C=O) groups is 2. The minimum absolute atomic E-state index is 0.0171. The summed E-state index contributed by atoms with van der Waals surface area (Å²) in [6, 6.07) is 27.3. The van der Waals surface area contributed by atoms with Gasteiger partial charge >= 0.3 is 6.03 Å². The van der Waals surface area contributed by atoms with E-state index >= 15 is 0 Å². The average molecular weight is 414 g/mol. The second-order valence-corrected chi connectivity index (χ2v) is 7.83. The van der Waals surface area contributed by atoms with Crippen molar-refractivity contribution in [3.63, 3.8) is 0 Å². The molecule has 0 unspecified atom stereocenters. The number of hydrogen-bond donors (Lipinski definition) is 1. The van der Waals surface area contributed by atoms with Gasteiger partial charge in [-0.25, -0.2) is 4.79 Å². The quantitative estimate of drug-likeness (QED) is 0.599. The van der Waals surface area contributed by atoms with Crippen LogP contribution in [0.15, 0.2) is 84.9 Å². The predicted molar refractivity (Wildman–Crippen MR) is 124 cm³/mol. The van der Waals surface area contributed by atoms with Crippen molar-refractivity contribution in [2.24, 2.45) is 0 Å². The summed E-state index contributed by atoms with van der Waals surface area (Å²) in [6.07, 6.45) is 1.25. The number of rotatable bonds is 6. The molecule has 0 saturated carbocycles. The van der Waals surface area contributed by atoms with Crippen molar-refractivity contribution in [1.29, 1.82) is 0 Å². The van der Waals surface area contributed by atoms with Crippen molar-refractivity contribution in [3.05, 3.63) is 96.1 Å². The second-order valence-electron chi connectivity index (χ2n) is 7.83. The van der Waals surface area contributed by atoms with Crippen LogP contribution >= 0.6 is 0 Å². The third kappa shape index (κ3) is 4.94. The van der Waals surface area contributed by atoms with E-state index in [-0.39, 0.29) is 18.0 Å². The Morgan fingerprint density at radius 1 is 0.903 bits per heavy atom. The van der Waals surface area contributed by atoms with Gasteiger partial charge in [-0.1, -0.05) is 60.7 Å². The van der Waals surface area contributed by atoms with Crippen LogP contribution in [0.3, 0.4) is 0 Å². The van der Waals surface area contributed by atoms with Crippen LogP contribution in [0.5, 0.6) is 0 Å². The zero-order chi connectivity index (χ0) is 21.6. The summed E-state index contributed by atoms with van der Waals surface area (Å²) in [6.45, 7) is 3.51. The summed E-state index contributed by atoms with van der Waals surface area (Å²) in [4.78, 5) is 29.2. The Bertz CT molecular complexity index is 1020. The van der Waals surface area contributed by atoms with Crippen LogP contribution in [0.1, 0.15) is 30.5 Å². The van der Waals surface area contributed by atoms with Gasteiger partial charge < -0.3 is 10.2 Å². The molecule has 5 nitrogen and oxygen atoms in total. The predicted octanol–water partition coefficient (Wildman–Crippen LogP) is 5.26. The zero-order valence-corrected chi connectivity index (χ0v) is 17.7. The largest absolute Gasteiger partial charge is 0.326 e. The van der Waals surface area contributed by atoms with E-state index in [0.29, 0.717) is 13.0 Å². The van der Waals surface area contributed by atoms with Crippen molar-refractivity contribution >= 4 is 23.3 Å². The minimum Gasteiger partial charge on any atom is -0.326 e. The van der Waals surface area contributed by atoms with Crippen LogP contribution in [-0.2, 0) is 11.2 Å². The molecule has 1 fully saturated rings. The Labute approximate surface area is 183 Å². The molecule has 1 aliphatic rings. The second kappa shape index (κ2) is 9.47. The molecule has 1 atom stereocenters. The van der Waals surface area contributed by atoms with E-state index in [2.05, 4.69) is 24.4 Å². The van der Waals surface area contributed by atoms with Gasteiger partial charge in [-0.2, -0.15) is 0 Å². The average Bonchev–Trinajstić information content (AvgIpc) is 2.81. The Morgan fingerprint density at radius 2 is 1.55 bits per heavy atom. The molecular formula is C26H27N3O2. The zero-order valence-electron chi connectivity index (χ0n) is 17.7. The number of hydrogen-bond acceptors (Lipinski definition) is 2. The molecule has 3 amide bonds. The molecule has 1 N–H and O–H groups in total. The van der Waals surface area contributed by atoms with Gasteiger partial charge in [0.1, 0.15) is 0 Å². The summed E-state index contributed by atoms with van der Waals surface area (Å²) in [5.74, 6) is -0.0594. The molecular weight excluding hydrogens is 386 g/mol. The lowest BCUT2D eigenvalue weighted by Gasteiger charge is -2.39. The molecule has 0 bridgehead atoms. The topological polar surface area (TPSA) is 52.6 Å². The maximum atomic E-state index is 13.2. The standard InChI is InChI=1S/C26H27N3O2/c1-20(22-11-6-3-7-12-22)28-17-8-18-29(26(28)31)24-15-13-23(14-16-24)27-25(30)19-21-9-4-2-5-10-21/h2-7,9-16,20H,8,17-19H2,1H3,(H,27,30)/t20-/m0/s1. The van der Waals surface area contributed by atoms with E-state index in [1.165, 1.54) is 0 Å². The monoisotopic (exact) mass is 413 g/mol. The first-order valence-electron chi connectivity index (χ1n) is 10.7. The number of amides is 3. The van der Waals surface area contributed by atoms with Crippen molar-refractivity contribution in [1.82, 2.24) is 4.90 Å². The molecule has 3 aromatic carbocycles. The third-order valence-corrected chi connectivity index (χ3v) is 5.68. The van der Waals surface area contributed by atoms with E-state index in [4.69, 9.17) is 0 Å². The Morgan fingerprint density at radius 3 is 2.23 bits per heavy atom. The van der Waals surface area contributed by atoms with Gasteiger partial charge in [0.2, 0.25) is 5.91 Å². The molecule has 1 aliphatic heterocycles. The highest BCUT2D eigenvalue weighted by molar-refractivity contribution is 5.95. The SMILES string of the molecule is C[C@@H](c1ccccc1)N1CCCN(c2ccc(NC(=O)Cc3ccccc3)cc2)C1=O. The first kappa shape index (κ1) is 20.7. The first-order valence-corrected chi connectivity index (χ1v) is 10.7. The van der Waals surface area contributed by atoms with Crippen LogP contribution in [0.4, 0.5) is 16.2 Å². The number of urea groups is 1. The molecule has 1 heterocycles. The molecule has 3 aromatic rings. The first-order chi connectivity index (χ1) is 15.1. The van der Waals surface area contributed by atoms with Crippen LogP contribution in [0.25, 0.3) is 0 Å². The molecule has 158 valence electrons. The lowest BCUT2D eigenvalue weighted by atomic mass is 10.1. The molecule has 31 heavy (non-hydrogen) atoms. The van der Waals surface area contributed by atoms with E-state index in [9.17, 15) is 9.59 Å². The van der Waals surface area contributed by atoms with Gasteiger partial charge in [-0.15, -0.1) is 0 Å². The van der Waals surface area contributed by atoms with Crippen molar-refractivity contribution in [3.8, 4) is 0 Å². The van der Waals surface area contributed by atoms with Gasteiger partial charge in [-0.3, -0.25) is 9.69 Å². The van der Waals surface area contributed by atoms with Crippen molar-refractivity contribution < 1.29 is 9.59 Å². The minimum atomic E-state index is -0.0594. The van der Waals surface area contributed by atoms with Crippen LogP contribution < -0.4 is 10.2 Å². The van der Waals surface area contributed by atoms with Gasteiger partial charge in [0.25, 0.3) is 0 Å². The summed E-state index contributed by atoms with van der Waals surface area (Å²) < 4.78 is 0. The van der Waals surface area contributed by atoms with Gasteiger partial charge in [0.15, 0.2) is 0 Å². The Hall–Kier alpha value is -3.60. The molecule has 1 saturated heterocycles. The van der Waals surface area contributed by atoms with E-state index in [1.807, 2.05) is 82.6 Å². The summed E-state index contributed by atoms with van der Waals surface area (Å²) in [5, 5.41) is 2.93. The normalized spacial score (nSPS) is 14.9. The fourth-order valence-corrected chi connectivity index (χ4v) is 3.97. The highest BCUT2D eigenvalue weighted by atomic mass is 16.2. The molecule has 0 aromatic heterocycles. The number of anilines is 2. The van der Waals surface area contributed by atoms with Gasteiger partial charge in [0.05, 0.1) is 12.5 Å². The maximum absolute atomic E-state index is 13.2. The number of nitrogens with one attached hydrogen (secondary N) is 1. The van der Waals surface area contributed by atoms with E-state index < -0.39 is 0 Å². The summed E-state index contributed by atoms with van der Waals surface area (Å²) >= 11 is 0. The van der Waals surface area contributed by atoms with Crippen molar-refractivity contribution in [2.45, 2.75) is 25.8 Å². The van der Waals surface area contributed by atoms with Gasteiger partial charge in [0, 0.05) is 24.5 Å². The van der Waals surface area contributed by atoms with Gasteiger partial charge in [-0.05, 0) is 48.7 Å². The molecule has 0 radical (unpaired) electrons. The fourth-order valence-electron chi connectivity index (χ4n) is 3.97. The van der Waals surface area contributed by atoms with E-state index in [1.54, 1.807) is 0 Å². The molecule has 4 rings (SSSR count). The number of nitrogens with zero attached hydrogens (tertiary/aromatic N) is 2. The third-order valence-electron chi connectivity index (χ3n) is 5.68. The fraction of sp³-hybridized carbons (Fsp3) is 0.231. The molecule has 0 spiro atoms. The highest BCUT2D eigenvalue weighted by Gasteiger charge is 2.30. The van der Waals surface area contributed by atoms with Crippen LogP contribution in [0, 0.1) is 0 Å². The molecule has 5 heteroatoms. The van der Waals surface area contributed by atoms with E-state index in [0.717, 1.165) is 35.5 Å². The Kier molecular flexibility index (Phi) is 6.32. The Balaban J connectivity index is 1.41. The van der Waals surface area contributed by atoms with Crippen molar-refractivity contribution in [2.75, 3.05) is 23.3 Å². The lowest BCUT2D eigenvalue weighted by Crippen LogP contribution is -2.50. The van der Waals surface area contributed by atoms with Crippen LogP contribution in [-0.4, -0.2) is 29.9 Å². The summed E-state index contributed by atoms with van der Waals surface area (Å²) in [5.41, 5.74) is 3.68. The smallest absolute Gasteiger partial charge is 0.324 e. The molecule has 0 aliphatic carbocycles. The number of carbonyl (C=O) groups excluding carboxylic acids is 2. The summed E-state index contributed by atoms with van der Waals surface area (Å²) in [7, 11) is 0. The highest BCUT2D eigenvalue weighted by Crippen LogP contribution is 2.28. The maximum Gasteiger partial charge on any atom is 0.324 e. The lowest BCUT2D eigenvalue weighted by molar-refractivity contribution is -0.115. The number of benzene rings is 3.